The first-order valence-electron chi connectivity index (χ1n) is 9.78. The van der Waals surface area contributed by atoms with E-state index in [1.807, 2.05) is 19.1 Å². The molecule has 2 N–H and O–H groups in total. The largest absolute Gasteiger partial charge is 0.382 e. The molecule has 0 bridgehead atoms. The highest BCUT2D eigenvalue weighted by Gasteiger charge is 2.30. The van der Waals surface area contributed by atoms with Crippen molar-refractivity contribution in [2.24, 2.45) is 5.10 Å². The normalized spacial score (nSPS) is 12.2. The van der Waals surface area contributed by atoms with Gasteiger partial charge in [0.1, 0.15) is 16.2 Å². The molecule has 3 aromatic heterocycles. The highest BCUT2D eigenvalue weighted by atomic mass is 32.2. The molecule has 0 unspecified atom stereocenters. The van der Waals surface area contributed by atoms with Gasteiger partial charge in [-0.1, -0.05) is 29.8 Å². The second kappa shape index (κ2) is 7.54. The zero-order valence-electron chi connectivity index (χ0n) is 17.0. The number of nitrogens with zero attached hydrogens (tertiary/aromatic N) is 5. The molecule has 0 saturated heterocycles. The van der Waals surface area contributed by atoms with E-state index in [4.69, 9.17) is 5.73 Å². The molecule has 0 atom stereocenters. The van der Waals surface area contributed by atoms with Crippen LogP contribution in [0, 0.1) is 6.92 Å². The maximum absolute atomic E-state index is 13.6. The molecule has 5 rings (SSSR count). The summed E-state index contributed by atoms with van der Waals surface area (Å²) in [5.41, 5.74) is 9.71. The first kappa shape index (κ1) is 19.8. The number of hydrogen-bond acceptors (Lipinski definition) is 7. The molecule has 0 aliphatic carbocycles. The van der Waals surface area contributed by atoms with Gasteiger partial charge in [0, 0.05) is 12.4 Å². The van der Waals surface area contributed by atoms with Crippen molar-refractivity contribution in [3.63, 3.8) is 0 Å². The van der Waals surface area contributed by atoms with Crippen LogP contribution in [0.2, 0.25) is 0 Å². The standard InChI is InChI=1S/C23H18N6O2S/c1-15-6-8-17(9-7-15)32(30,31)21-20-23(28-19-5-3-2-4-18(19)27-20)29(22(21)24)26-14-16-10-12-25-13-11-16/h2-14H,24H2,1H3/b26-14+. The Balaban J connectivity index is 1.81. The van der Waals surface area contributed by atoms with E-state index in [0.29, 0.717) is 11.0 Å². The van der Waals surface area contributed by atoms with Crippen molar-refractivity contribution in [3.8, 4) is 0 Å². The molecule has 0 saturated carbocycles. The van der Waals surface area contributed by atoms with Crippen molar-refractivity contribution in [2.75, 3.05) is 5.73 Å². The average Bonchev–Trinajstić information content (AvgIpc) is 3.07. The van der Waals surface area contributed by atoms with Crippen LogP contribution in [0.1, 0.15) is 11.1 Å². The van der Waals surface area contributed by atoms with Crippen molar-refractivity contribution in [1.82, 2.24) is 19.6 Å². The number of nitrogens with two attached hydrogens (primary N) is 1. The third-order valence-electron chi connectivity index (χ3n) is 5.06. The van der Waals surface area contributed by atoms with Gasteiger partial charge in [-0.15, -0.1) is 0 Å². The third kappa shape index (κ3) is 3.28. The minimum atomic E-state index is -3.98. The lowest BCUT2D eigenvalue weighted by atomic mass is 10.2. The predicted octanol–water partition coefficient (Wildman–Crippen LogP) is 3.59. The summed E-state index contributed by atoms with van der Waals surface area (Å²) in [6, 6.07) is 17.4. The lowest BCUT2D eigenvalue weighted by Gasteiger charge is -2.05. The van der Waals surface area contributed by atoms with Crippen molar-refractivity contribution >= 4 is 44.1 Å². The number of rotatable bonds is 4. The Morgan fingerprint density at radius 1 is 0.938 bits per heavy atom. The molecule has 0 radical (unpaired) electrons. The monoisotopic (exact) mass is 442 g/mol. The summed E-state index contributed by atoms with van der Waals surface area (Å²) in [7, 11) is -3.98. The highest BCUT2D eigenvalue weighted by Crippen LogP contribution is 2.35. The van der Waals surface area contributed by atoms with Crippen LogP contribution in [-0.2, 0) is 9.84 Å². The Bertz CT molecular complexity index is 1590. The molecule has 2 aromatic carbocycles. The molecule has 9 heteroatoms. The SMILES string of the molecule is Cc1ccc(S(=O)(=O)c2c(N)n(/N=C/c3ccncc3)c3nc4ccccc4nc23)cc1. The van der Waals surface area contributed by atoms with E-state index < -0.39 is 9.84 Å². The van der Waals surface area contributed by atoms with Gasteiger partial charge in [0.25, 0.3) is 0 Å². The predicted molar refractivity (Wildman–Crippen MR) is 123 cm³/mol. The summed E-state index contributed by atoms with van der Waals surface area (Å²) in [5.74, 6) is -0.0545. The number of aryl methyl sites for hydroxylation is 1. The van der Waals surface area contributed by atoms with Crippen molar-refractivity contribution in [3.05, 3.63) is 84.2 Å². The molecule has 0 aliphatic rings. The first-order chi connectivity index (χ1) is 15.4. The average molecular weight is 443 g/mol. The van der Waals surface area contributed by atoms with Crippen LogP contribution in [0.5, 0.6) is 0 Å². The minimum absolute atomic E-state index is 0.0545. The van der Waals surface area contributed by atoms with E-state index in [2.05, 4.69) is 20.1 Å². The number of hydrogen-bond donors (Lipinski definition) is 1. The number of anilines is 1. The lowest BCUT2D eigenvalue weighted by Crippen LogP contribution is -2.06. The Kier molecular flexibility index (Phi) is 4.67. The second-order valence-electron chi connectivity index (χ2n) is 7.25. The van der Waals surface area contributed by atoms with Gasteiger partial charge in [0.05, 0.1) is 22.1 Å². The maximum Gasteiger partial charge on any atom is 0.212 e. The van der Waals surface area contributed by atoms with Gasteiger partial charge in [0.2, 0.25) is 9.84 Å². The van der Waals surface area contributed by atoms with Crippen molar-refractivity contribution in [1.29, 1.82) is 0 Å². The summed E-state index contributed by atoms with van der Waals surface area (Å²) < 4.78 is 28.5. The molecule has 0 fully saturated rings. The molecule has 5 aromatic rings. The summed E-state index contributed by atoms with van der Waals surface area (Å²) in [4.78, 5) is 13.2. The molecule has 158 valence electrons. The number of sulfone groups is 1. The van der Waals surface area contributed by atoms with Gasteiger partial charge >= 0.3 is 0 Å². The minimum Gasteiger partial charge on any atom is -0.382 e. The zero-order valence-corrected chi connectivity index (χ0v) is 17.9. The second-order valence-corrected chi connectivity index (χ2v) is 9.14. The molecule has 8 nitrogen and oxygen atoms in total. The Morgan fingerprint density at radius 2 is 1.59 bits per heavy atom. The maximum atomic E-state index is 13.6. The summed E-state index contributed by atoms with van der Waals surface area (Å²) in [6.07, 6.45) is 4.84. The van der Waals surface area contributed by atoms with Gasteiger partial charge < -0.3 is 5.73 Å². The summed E-state index contributed by atoms with van der Waals surface area (Å²) >= 11 is 0. The van der Waals surface area contributed by atoms with Crippen LogP contribution >= 0.6 is 0 Å². The first-order valence-corrected chi connectivity index (χ1v) is 11.3. The van der Waals surface area contributed by atoms with Gasteiger partial charge in [0.15, 0.2) is 5.65 Å². The highest BCUT2D eigenvalue weighted by molar-refractivity contribution is 7.92. The molecule has 32 heavy (non-hydrogen) atoms. The number of aromatic nitrogens is 4. The van der Waals surface area contributed by atoms with Crippen molar-refractivity contribution in [2.45, 2.75) is 16.7 Å². The fraction of sp³-hybridized carbons (Fsp3) is 0.0435. The fourth-order valence-corrected chi connectivity index (χ4v) is 4.90. The number of benzene rings is 2. The van der Waals surface area contributed by atoms with Crippen LogP contribution in [0.15, 0.2) is 87.9 Å². The Morgan fingerprint density at radius 3 is 2.28 bits per heavy atom. The molecular weight excluding hydrogens is 424 g/mol. The van der Waals surface area contributed by atoms with E-state index in [1.54, 1.807) is 67.1 Å². The number of fused-ring (bicyclic) bond motifs is 2. The summed E-state index contributed by atoms with van der Waals surface area (Å²) in [5, 5.41) is 4.42. The number of nitrogen functional groups attached to an aromatic ring is 1. The number of pyridine rings is 1. The van der Waals surface area contributed by atoms with Crippen LogP contribution in [-0.4, -0.2) is 34.3 Å². The van der Waals surface area contributed by atoms with Crippen molar-refractivity contribution < 1.29 is 8.42 Å². The van der Waals surface area contributed by atoms with Crippen LogP contribution in [0.4, 0.5) is 5.82 Å². The molecule has 3 heterocycles. The molecule has 0 aliphatic heterocycles. The topological polar surface area (TPSA) is 116 Å². The Hall–Kier alpha value is -4.11. The van der Waals surface area contributed by atoms with E-state index in [0.717, 1.165) is 11.1 Å². The molecular formula is C23H18N6O2S. The Labute approximate surface area is 184 Å². The van der Waals surface area contributed by atoms with Gasteiger partial charge in [-0.05, 0) is 48.9 Å². The quantitative estimate of drug-likeness (QED) is 0.425. The van der Waals surface area contributed by atoms with Gasteiger partial charge in [-0.3, -0.25) is 4.98 Å². The van der Waals surface area contributed by atoms with Gasteiger partial charge in [-0.25, -0.2) is 18.4 Å². The summed E-state index contributed by atoms with van der Waals surface area (Å²) in [6.45, 7) is 1.89. The van der Waals surface area contributed by atoms with Crippen LogP contribution in [0.25, 0.3) is 22.2 Å². The van der Waals surface area contributed by atoms with E-state index >= 15 is 0 Å². The number of para-hydroxylation sites is 2. The van der Waals surface area contributed by atoms with E-state index in [9.17, 15) is 8.42 Å². The molecule has 0 spiro atoms. The smallest absolute Gasteiger partial charge is 0.212 e. The zero-order chi connectivity index (χ0) is 22.3. The van der Waals surface area contributed by atoms with Gasteiger partial charge in [-0.2, -0.15) is 9.78 Å². The van der Waals surface area contributed by atoms with Crippen LogP contribution in [0.3, 0.4) is 0 Å². The lowest BCUT2D eigenvalue weighted by molar-refractivity contribution is 0.597. The van der Waals surface area contributed by atoms with E-state index in [1.165, 1.54) is 4.68 Å². The fourth-order valence-electron chi connectivity index (χ4n) is 3.41. The van der Waals surface area contributed by atoms with E-state index in [-0.39, 0.29) is 26.8 Å². The third-order valence-corrected chi connectivity index (χ3v) is 6.89. The van der Waals surface area contributed by atoms with Crippen LogP contribution < -0.4 is 5.73 Å². The molecule has 0 amide bonds.